The van der Waals surface area contributed by atoms with E-state index in [-0.39, 0.29) is 5.91 Å². The van der Waals surface area contributed by atoms with Gasteiger partial charge in [0.25, 0.3) is 5.91 Å². The van der Waals surface area contributed by atoms with Gasteiger partial charge in [-0.15, -0.1) is 0 Å². The minimum absolute atomic E-state index is 0.166. The van der Waals surface area contributed by atoms with Crippen LogP contribution < -0.4 is 20.7 Å². The van der Waals surface area contributed by atoms with Crippen molar-refractivity contribution in [3.05, 3.63) is 48.0 Å². The highest BCUT2D eigenvalue weighted by Crippen LogP contribution is 2.31. The Bertz CT molecular complexity index is 743. The summed E-state index contributed by atoms with van der Waals surface area (Å²) >= 11 is 0. The zero-order valence-corrected chi connectivity index (χ0v) is 14.8. The first kappa shape index (κ1) is 17.1. The van der Waals surface area contributed by atoms with Crippen molar-refractivity contribution >= 4 is 23.0 Å². The topological polar surface area (TPSA) is 67.6 Å². The second-order valence-electron chi connectivity index (χ2n) is 6.49. The van der Waals surface area contributed by atoms with Gasteiger partial charge in [0.2, 0.25) is 0 Å². The summed E-state index contributed by atoms with van der Waals surface area (Å²) in [5.41, 5.74) is 9.28. The number of nitrogen functional groups attached to an aromatic ring is 1. The maximum Gasteiger partial charge on any atom is 0.255 e. The Morgan fingerprint density at radius 2 is 1.96 bits per heavy atom. The zero-order chi connectivity index (χ0) is 17.8. The normalized spacial score (nSPS) is 17.2. The highest BCUT2D eigenvalue weighted by molar-refractivity contribution is 6.04. The molecule has 3 N–H and O–H groups in total. The molecule has 1 amide bonds. The van der Waals surface area contributed by atoms with Crippen LogP contribution in [0, 0.1) is 0 Å². The number of carbonyl (C=O) groups excluding carboxylic acids is 1. The number of benzene rings is 2. The molecule has 1 fully saturated rings. The van der Waals surface area contributed by atoms with Crippen molar-refractivity contribution in [2.45, 2.75) is 32.2 Å². The van der Waals surface area contributed by atoms with Gasteiger partial charge in [-0.2, -0.15) is 0 Å². The van der Waals surface area contributed by atoms with Crippen LogP contribution in [0.15, 0.2) is 42.5 Å². The van der Waals surface area contributed by atoms with E-state index in [0.717, 1.165) is 18.0 Å². The van der Waals surface area contributed by atoms with Crippen LogP contribution in [0.2, 0.25) is 0 Å². The molecule has 1 heterocycles. The van der Waals surface area contributed by atoms with Crippen LogP contribution in [0.4, 0.5) is 17.1 Å². The SMILES string of the molecule is COc1ccc(C(=O)Nc2ccc(N3CCCC[C@@H]3C)c(N)c2)cc1. The van der Waals surface area contributed by atoms with Gasteiger partial charge in [-0.1, -0.05) is 0 Å². The lowest BCUT2D eigenvalue weighted by Crippen LogP contribution is -2.37. The molecule has 0 radical (unpaired) electrons. The van der Waals surface area contributed by atoms with Crippen LogP contribution in [0.1, 0.15) is 36.5 Å². The molecule has 0 aromatic heterocycles. The monoisotopic (exact) mass is 339 g/mol. The molecule has 1 aliphatic rings. The summed E-state index contributed by atoms with van der Waals surface area (Å²) in [6, 6.07) is 13.3. The Labute approximate surface area is 148 Å². The molecule has 0 spiro atoms. The van der Waals surface area contributed by atoms with E-state index in [4.69, 9.17) is 10.5 Å². The average Bonchev–Trinajstić information content (AvgIpc) is 2.63. The van der Waals surface area contributed by atoms with E-state index in [1.165, 1.54) is 19.3 Å². The smallest absolute Gasteiger partial charge is 0.255 e. The van der Waals surface area contributed by atoms with Gasteiger partial charge in [-0.25, -0.2) is 0 Å². The Hall–Kier alpha value is -2.69. The lowest BCUT2D eigenvalue weighted by molar-refractivity contribution is 0.102. The standard InChI is InChI=1S/C20H25N3O2/c1-14-5-3-4-12-23(14)19-11-8-16(13-18(19)21)22-20(24)15-6-9-17(25-2)10-7-15/h6-11,13-14H,3-5,12,21H2,1-2H3,(H,22,24)/t14-/m0/s1. The van der Waals surface area contributed by atoms with E-state index < -0.39 is 0 Å². The second kappa shape index (κ2) is 7.47. The summed E-state index contributed by atoms with van der Waals surface area (Å²) in [5, 5.41) is 2.90. The summed E-state index contributed by atoms with van der Waals surface area (Å²) in [6.45, 7) is 3.26. The van der Waals surface area contributed by atoms with Gasteiger partial charge < -0.3 is 20.7 Å². The number of nitrogens with one attached hydrogen (secondary N) is 1. The quantitative estimate of drug-likeness (QED) is 0.829. The van der Waals surface area contributed by atoms with Gasteiger partial charge in [0.1, 0.15) is 5.75 Å². The molecule has 0 bridgehead atoms. The molecule has 5 nitrogen and oxygen atoms in total. The summed E-state index contributed by atoms with van der Waals surface area (Å²) < 4.78 is 5.11. The number of hydrogen-bond donors (Lipinski definition) is 2. The van der Waals surface area contributed by atoms with Crippen molar-refractivity contribution in [2.24, 2.45) is 0 Å². The Kier molecular flexibility index (Phi) is 5.12. The Morgan fingerprint density at radius 3 is 2.60 bits per heavy atom. The van der Waals surface area contributed by atoms with Crippen LogP contribution in [0.25, 0.3) is 0 Å². The fraction of sp³-hybridized carbons (Fsp3) is 0.350. The largest absolute Gasteiger partial charge is 0.497 e. The predicted octanol–water partition coefficient (Wildman–Crippen LogP) is 3.91. The third-order valence-electron chi connectivity index (χ3n) is 4.75. The highest BCUT2D eigenvalue weighted by Gasteiger charge is 2.20. The molecular weight excluding hydrogens is 314 g/mol. The first-order chi connectivity index (χ1) is 12.1. The molecule has 0 aliphatic carbocycles. The first-order valence-corrected chi connectivity index (χ1v) is 8.70. The van der Waals surface area contributed by atoms with Gasteiger partial charge in [0.15, 0.2) is 0 Å². The Balaban J connectivity index is 1.72. The summed E-state index contributed by atoms with van der Waals surface area (Å²) in [4.78, 5) is 14.7. The number of ether oxygens (including phenoxy) is 1. The zero-order valence-electron chi connectivity index (χ0n) is 14.8. The molecule has 5 heteroatoms. The van der Waals surface area contributed by atoms with E-state index in [1.807, 2.05) is 18.2 Å². The second-order valence-corrected chi connectivity index (χ2v) is 6.49. The Morgan fingerprint density at radius 1 is 1.20 bits per heavy atom. The molecule has 1 aliphatic heterocycles. The molecule has 2 aromatic rings. The van der Waals surface area contributed by atoms with Gasteiger partial charge in [-0.3, -0.25) is 4.79 Å². The minimum atomic E-state index is -0.166. The number of hydrogen-bond acceptors (Lipinski definition) is 4. The number of anilines is 3. The van der Waals surface area contributed by atoms with Gasteiger partial charge in [-0.05, 0) is 68.7 Å². The summed E-state index contributed by atoms with van der Waals surface area (Å²) in [5.74, 6) is 0.557. The molecular formula is C20H25N3O2. The van der Waals surface area contributed by atoms with Crippen LogP contribution in [0.5, 0.6) is 5.75 Å². The van der Waals surface area contributed by atoms with E-state index >= 15 is 0 Å². The summed E-state index contributed by atoms with van der Waals surface area (Å²) in [7, 11) is 1.60. The van der Waals surface area contributed by atoms with Crippen molar-refractivity contribution in [3.8, 4) is 5.75 Å². The third-order valence-corrected chi connectivity index (χ3v) is 4.75. The van der Waals surface area contributed by atoms with Crippen molar-refractivity contribution < 1.29 is 9.53 Å². The van der Waals surface area contributed by atoms with E-state index in [2.05, 4.69) is 17.1 Å². The lowest BCUT2D eigenvalue weighted by Gasteiger charge is -2.36. The van der Waals surface area contributed by atoms with Crippen LogP contribution >= 0.6 is 0 Å². The van der Waals surface area contributed by atoms with Crippen molar-refractivity contribution in [1.29, 1.82) is 0 Å². The first-order valence-electron chi connectivity index (χ1n) is 8.70. The number of amides is 1. The van der Waals surface area contributed by atoms with Crippen LogP contribution in [0.3, 0.4) is 0 Å². The molecule has 0 unspecified atom stereocenters. The van der Waals surface area contributed by atoms with Gasteiger partial charge in [0.05, 0.1) is 18.5 Å². The number of rotatable bonds is 4. The van der Waals surface area contributed by atoms with E-state index in [1.54, 1.807) is 31.4 Å². The van der Waals surface area contributed by atoms with Crippen molar-refractivity contribution in [1.82, 2.24) is 0 Å². The number of piperidine rings is 1. The average molecular weight is 339 g/mol. The van der Waals surface area contributed by atoms with Crippen LogP contribution in [-0.4, -0.2) is 25.6 Å². The van der Waals surface area contributed by atoms with Gasteiger partial charge >= 0.3 is 0 Å². The summed E-state index contributed by atoms with van der Waals surface area (Å²) in [6.07, 6.45) is 3.66. The minimum Gasteiger partial charge on any atom is -0.497 e. The predicted molar refractivity (Wildman–Crippen MR) is 102 cm³/mol. The number of methoxy groups -OCH3 is 1. The molecule has 0 saturated carbocycles. The maximum absolute atomic E-state index is 12.4. The number of nitrogens with zero attached hydrogens (tertiary/aromatic N) is 1. The molecule has 25 heavy (non-hydrogen) atoms. The number of nitrogens with two attached hydrogens (primary N) is 1. The highest BCUT2D eigenvalue weighted by atomic mass is 16.5. The van der Waals surface area contributed by atoms with Crippen molar-refractivity contribution in [2.75, 3.05) is 29.6 Å². The molecule has 1 atom stereocenters. The van der Waals surface area contributed by atoms with Crippen LogP contribution in [-0.2, 0) is 0 Å². The lowest BCUT2D eigenvalue weighted by atomic mass is 10.0. The third kappa shape index (κ3) is 3.87. The molecule has 2 aromatic carbocycles. The fourth-order valence-electron chi connectivity index (χ4n) is 3.30. The van der Waals surface area contributed by atoms with Crippen molar-refractivity contribution in [3.63, 3.8) is 0 Å². The molecule has 132 valence electrons. The molecule has 3 rings (SSSR count). The maximum atomic E-state index is 12.4. The van der Waals surface area contributed by atoms with Gasteiger partial charge in [0, 0.05) is 23.8 Å². The van der Waals surface area contributed by atoms with E-state index in [9.17, 15) is 4.79 Å². The van der Waals surface area contributed by atoms with E-state index in [0.29, 0.717) is 23.0 Å². The number of carbonyl (C=O) groups is 1. The molecule has 1 saturated heterocycles. The fourth-order valence-corrected chi connectivity index (χ4v) is 3.30.